The second-order valence-electron chi connectivity index (χ2n) is 15.9. The van der Waals surface area contributed by atoms with Gasteiger partial charge in [-0.1, -0.05) is 61.4 Å². The summed E-state index contributed by atoms with van der Waals surface area (Å²) < 4.78 is 34.7. The van der Waals surface area contributed by atoms with Crippen molar-refractivity contribution in [3.8, 4) is 27.8 Å². The second-order valence-corrected chi connectivity index (χ2v) is 19.0. The number of nitrogens with two attached hydrogens (primary N) is 2. The minimum Gasteiger partial charge on any atom is -0.459 e. The number of likely N-dealkylation sites (tertiary alicyclic amines) is 1. The lowest BCUT2D eigenvalue weighted by atomic mass is 10.1. The largest absolute Gasteiger partial charge is 0.459 e. The molecule has 0 spiro atoms. The number of para-hydroxylation sites is 1. The van der Waals surface area contributed by atoms with Gasteiger partial charge < -0.3 is 21.1 Å². The first-order valence-electron chi connectivity index (χ1n) is 19.5. The van der Waals surface area contributed by atoms with Crippen molar-refractivity contribution < 1.29 is 27.5 Å². The van der Waals surface area contributed by atoms with Gasteiger partial charge in [0, 0.05) is 34.9 Å². The number of fused-ring (bicyclic) bond motifs is 1. The van der Waals surface area contributed by atoms with Crippen molar-refractivity contribution in [2.75, 3.05) is 6.54 Å². The van der Waals surface area contributed by atoms with E-state index in [9.17, 15) is 22.8 Å². The number of carbonyl (C=O) groups excluding carboxylic acids is 3. The normalized spacial score (nSPS) is 22.1. The number of unbranched alkanes of at least 4 members (excludes halogenated alkanes) is 3. The number of allylic oxidation sites excluding steroid dienone is 2. The number of thiazole rings is 1. The van der Waals surface area contributed by atoms with Crippen molar-refractivity contribution in [1.29, 1.82) is 0 Å². The van der Waals surface area contributed by atoms with Gasteiger partial charge in [0.2, 0.25) is 27.7 Å². The number of rotatable bonds is 17. The van der Waals surface area contributed by atoms with Gasteiger partial charge in [0.05, 0.1) is 28.5 Å². The number of nitrogens with zero attached hydrogens (tertiary/aromatic N) is 4. The van der Waals surface area contributed by atoms with Crippen LogP contribution in [0.2, 0.25) is 0 Å². The molecule has 13 nitrogen and oxygen atoms in total. The average Bonchev–Trinajstić information content (AvgIpc) is 3.93. The molecule has 1 saturated heterocycles. The van der Waals surface area contributed by atoms with Crippen molar-refractivity contribution in [3.05, 3.63) is 66.1 Å². The Morgan fingerprint density at radius 1 is 1.05 bits per heavy atom. The molecule has 0 radical (unpaired) electrons. The first kappa shape index (κ1) is 39.6. The van der Waals surface area contributed by atoms with Crippen LogP contribution >= 0.6 is 11.3 Å². The van der Waals surface area contributed by atoms with Crippen LogP contribution in [-0.2, 0) is 24.4 Å². The maximum Gasteiger partial charge on any atom is 0.297 e. The molecule has 2 saturated carbocycles. The van der Waals surface area contributed by atoms with Crippen LogP contribution < -0.4 is 20.9 Å². The quantitative estimate of drug-likeness (QED) is 0.0886. The Kier molecular flexibility index (Phi) is 11.4. The molecular formula is C41H51N7O6S2. The molecule has 3 aliphatic rings. The second kappa shape index (κ2) is 16.1. The minimum absolute atomic E-state index is 0.00935. The lowest BCUT2D eigenvalue weighted by molar-refractivity contribution is -0.138. The summed E-state index contributed by atoms with van der Waals surface area (Å²) in [5.41, 5.74) is 16.7. The zero-order valence-corrected chi connectivity index (χ0v) is 33.7. The highest BCUT2D eigenvalue weighted by Crippen LogP contribution is 2.44. The number of hydrogen-bond acceptors (Lipinski definition) is 10. The molecule has 3 heterocycles. The minimum atomic E-state index is -3.61. The number of carbonyl (C=O) groups is 3. The van der Waals surface area contributed by atoms with Gasteiger partial charge in [0.1, 0.15) is 22.7 Å². The highest BCUT2D eigenvalue weighted by Gasteiger charge is 2.52. The topological polar surface area (TPSA) is 193 Å². The number of sulfonamides is 1. The first-order valence-corrected chi connectivity index (χ1v) is 21.9. The highest BCUT2D eigenvalue weighted by atomic mass is 32.2. The molecule has 5 N–H and O–H groups in total. The van der Waals surface area contributed by atoms with E-state index < -0.39 is 44.8 Å². The summed E-state index contributed by atoms with van der Waals surface area (Å²) in [4.78, 5) is 49.9. The molecule has 56 heavy (non-hydrogen) atoms. The van der Waals surface area contributed by atoms with E-state index in [0.717, 1.165) is 58.5 Å². The Bertz CT molecular complexity index is 2230. The molecule has 0 bridgehead atoms. The average molecular weight is 802 g/mol. The third kappa shape index (κ3) is 8.40. The maximum absolute atomic E-state index is 13.6. The van der Waals surface area contributed by atoms with E-state index in [-0.39, 0.29) is 36.8 Å². The molecule has 2 aliphatic carbocycles. The predicted octanol–water partition coefficient (Wildman–Crippen LogP) is 5.71. The SMILES string of the molecule is CC(C)n1c(OC2CC(C(N)=O)N(C(=O)C(N)CCCCCC=CC3CC3C(=O)NS(=O)(=O)C3(C)CC3)C2)nc2c(-c3nc(-c4ccccc4)cs3)cccc21. The van der Waals surface area contributed by atoms with E-state index in [1.165, 1.54) is 4.90 Å². The van der Waals surface area contributed by atoms with Gasteiger partial charge in [-0.3, -0.25) is 23.7 Å². The summed E-state index contributed by atoms with van der Waals surface area (Å²) in [5.74, 6) is -1.56. The number of imidazole rings is 1. The lowest BCUT2D eigenvalue weighted by Gasteiger charge is -2.25. The van der Waals surface area contributed by atoms with Crippen LogP contribution in [0.4, 0.5) is 0 Å². The molecule has 2 aromatic carbocycles. The van der Waals surface area contributed by atoms with Gasteiger partial charge in [-0.05, 0) is 77.3 Å². The van der Waals surface area contributed by atoms with E-state index in [1.54, 1.807) is 18.3 Å². The lowest BCUT2D eigenvalue weighted by Crippen LogP contribution is -2.50. The van der Waals surface area contributed by atoms with Crippen molar-refractivity contribution in [2.45, 2.75) is 108 Å². The number of hydrogen-bond donors (Lipinski definition) is 3. The molecular weight excluding hydrogens is 751 g/mol. The highest BCUT2D eigenvalue weighted by molar-refractivity contribution is 7.91. The number of benzene rings is 2. The Labute approximate surface area is 331 Å². The van der Waals surface area contributed by atoms with Gasteiger partial charge in [0.15, 0.2) is 0 Å². The summed E-state index contributed by atoms with van der Waals surface area (Å²) in [5, 5.41) is 2.89. The molecule has 3 fully saturated rings. The van der Waals surface area contributed by atoms with Gasteiger partial charge in [-0.2, -0.15) is 4.98 Å². The van der Waals surface area contributed by atoms with Crippen LogP contribution in [-0.4, -0.2) is 75.1 Å². The fourth-order valence-corrected chi connectivity index (χ4v) is 9.61. The van der Waals surface area contributed by atoms with Crippen molar-refractivity contribution >= 4 is 50.1 Å². The van der Waals surface area contributed by atoms with Crippen LogP contribution in [0.5, 0.6) is 6.01 Å². The Morgan fingerprint density at radius 3 is 2.54 bits per heavy atom. The molecule has 5 atom stereocenters. The zero-order chi connectivity index (χ0) is 39.8. The third-order valence-corrected chi connectivity index (χ3v) is 14.3. The number of ether oxygens (including phenoxy) is 1. The molecule has 3 amide bonds. The van der Waals surface area contributed by atoms with E-state index in [1.807, 2.05) is 70.6 Å². The first-order chi connectivity index (χ1) is 26.8. The summed E-state index contributed by atoms with van der Waals surface area (Å²) in [7, 11) is -3.61. The standard InChI is InChI=1S/C41H51N7O6S2/c1-25(2)48-33-18-12-16-29(38-44-32(24-55-38)26-13-9-7-10-14-26)35(33)45-40(48)54-28-22-34(36(43)49)47(23-28)39(51)31(42)17-11-6-4-5-8-15-27-21-30(27)37(50)46-56(52,53)41(3)19-20-41/h7-10,12-16,18,24-25,27-28,30-31,34H,4-6,11,17,19-23,42H2,1-3H3,(H2,43,49)(H,46,50). The molecule has 5 unspecified atom stereocenters. The summed E-state index contributed by atoms with van der Waals surface area (Å²) in [6.07, 6.45) is 9.31. The van der Waals surface area contributed by atoms with E-state index in [0.29, 0.717) is 31.7 Å². The fraction of sp³-hybridized carbons (Fsp3) is 0.488. The van der Waals surface area contributed by atoms with Crippen LogP contribution in [0.25, 0.3) is 32.9 Å². The molecule has 1 aliphatic heterocycles. The van der Waals surface area contributed by atoms with E-state index in [2.05, 4.69) is 18.6 Å². The monoisotopic (exact) mass is 801 g/mol. The maximum atomic E-state index is 13.6. The van der Waals surface area contributed by atoms with Gasteiger partial charge >= 0.3 is 0 Å². The van der Waals surface area contributed by atoms with Crippen LogP contribution in [0.15, 0.2) is 66.1 Å². The molecule has 15 heteroatoms. The molecule has 298 valence electrons. The van der Waals surface area contributed by atoms with E-state index in [4.69, 9.17) is 26.2 Å². The van der Waals surface area contributed by atoms with Gasteiger partial charge in [0.25, 0.3) is 6.01 Å². The smallest absolute Gasteiger partial charge is 0.297 e. The number of amides is 3. The van der Waals surface area contributed by atoms with Gasteiger partial charge in [-0.25, -0.2) is 13.4 Å². The number of nitrogens with one attached hydrogen (secondary N) is 1. The van der Waals surface area contributed by atoms with Crippen molar-refractivity contribution in [1.82, 2.24) is 24.2 Å². The predicted molar refractivity (Wildman–Crippen MR) is 217 cm³/mol. The fourth-order valence-electron chi connectivity index (χ4n) is 7.45. The van der Waals surface area contributed by atoms with Crippen molar-refractivity contribution in [2.24, 2.45) is 23.3 Å². The van der Waals surface area contributed by atoms with Crippen LogP contribution in [0.3, 0.4) is 0 Å². The molecule has 4 aromatic rings. The summed E-state index contributed by atoms with van der Waals surface area (Å²) in [6, 6.07) is 14.8. The Morgan fingerprint density at radius 2 is 1.82 bits per heavy atom. The van der Waals surface area contributed by atoms with Crippen LogP contribution in [0.1, 0.15) is 84.6 Å². The van der Waals surface area contributed by atoms with Crippen LogP contribution in [0, 0.1) is 11.8 Å². The van der Waals surface area contributed by atoms with Gasteiger partial charge in [-0.15, -0.1) is 11.3 Å². The third-order valence-electron chi connectivity index (χ3n) is 11.3. The summed E-state index contributed by atoms with van der Waals surface area (Å²) >= 11 is 1.56. The van der Waals surface area contributed by atoms with E-state index >= 15 is 0 Å². The van der Waals surface area contributed by atoms with Crippen molar-refractivity contribution in [3.63, 3.8) is 0 Å². The molecule has 7 rings (SSSR count). The summed E-state index contributed by atoms with van der Waals surface area (Å²) in [6.45, 7) is 5.94. The zero-order valence-electron chi connectivity index (χ0n) is 32.1. The number of aromatic nitrogens is 3. The number of primary amides is 1. The Hall–Kier alpha value is -4.60. The molecule has 2 aromatic heterocycles. The Balaban J connectivity index is 0.915.